The first-order chi connectivity index (χ1) is 14.2. The lowest BCUT2D eigenvalue weighted by molar-refractivity contribution is 0.642. The van der Waals surface area contributed by atoms with Crippen LogP contribution in [0.5, 0.6) is 11.5 Å². The Hall–Kier alpha value is -1.99. The van der Waals surface area contributed by atoms with Crippen LogP contribution in [-0.4, -0.2) is 4.98 Å². The van der Waals surface area contributed by atoms with E-state index in [2.05, 4.69) is 54.9 Å². The van der Waals surface area contributed by atoms with Crippen molar-refractivity contribution < 1.29 is 8.71 Å². The molecule has 0 aliphatic heterocycles. The van der Waals surface area contributed by atoms with Gasteiger partial charge in [0.15, 0.2) is 0 Å². The van der Waals surface area contributed by atoms with E-state index in [1.54, 1.807) is 0 Å². The van der Waals surface area contributed by atoms with Crippen LogP contribution in [0.3, 0.4) is 0 Å². The molecule has 0 fully saturated rings. The van der Waals surface area contributed by atoms with Gasteiger partial charge < -0.3 is 13.7 Å². The molecule has 0 bridgehead atoms. The van der Waals surface area contributed by atoms with E-state index in [0.717, 1.165) is 22.6 Å². The quantitative estimate of drug-likeness (QED) is 0.257. The van der Waals surface area contributed by atoms with Crippen LogP contribution in [-0.2, 0) is 0 Å². The third-order valence-corrected chi connectivity index (χ3v) is 4.61. The Morgan fingerprint density at radius 2 is 1.34 bits per heavy atom. The molecule has 0 amide bonds. The van der Waals surface area contributed by atoms with Crippen molar-refractivity contribution in [3.05, 3.63) is 85.1 Å². The van der Waals surface area contributed by atoms with Crippen LogP contribution in [0.2, 0.25) is 0 Å². The SMILES string of the molecule is CCC.POc1ccccc1-c1ccccc1OSP.c1ccc2[nH]ccc2c1. The summed E-state index contributed by atoms with van der Waals surface area (Å²) in [6.07, 6.45) is 3.20. The molecule has 6 heteroatoms. The van der Waals surface area contributed by atoms with Crippen LogP contribution in [0.1, 0.15) is 20.3 Å². The van der Waals surface area contributed by atoms with E-state index in [-0.39, 0.29) is 0 Å². The van der Waals surface area contributed by atoms with Crippen LogP contribution < -0.4 is 8.71 Å². The molecule has 0 aliphatic rings. The lowest BCUT2D eigenvalue weighted by Crippen LogP contribution is -1.86. The number of rotatable bonds is 4. The van der Waals surface area contributed by atoms with Crippen molar-refractivity contribution in [2.45, 2.75) is 20.3 Å². The number of H-pyrrole nitrogens is 1. The predicted octanol–water partition coefficient (Wildman–Crippen LogP) is 7.92. The zero-order chi connectivity index (χ0) is 20.9. The molecule has 1 N–H and O–H groups in total. The minimum Gasteiger partial charge on any atom is -0.480 e. The zero-order valence-electron chi connectivity index (χ0n) is 16.7. The second-order valence-corrected chi connectivity index (χ2v) is 7.23. The highest BCUT2D eigenvalue weighted by Crippen LogP contribution is 2.38. The van der Waals surface area contributed by atoms with E-state index in [1.165, 1.54) is 29.0 Å². The highest BCUT2D eigenvalue weighted by molar-refractivity contribution is 8.41. The summed E-state index contributed by atoms with van der Waals surface area (Å²) < 4.78 is 10.8. The number of para-hydroxylation sites is 3. The molecule has 152 valence electrons. The summed E-state index contributed by atoms with van der Waals surface area (Å²) in [5.74, 6) is 1.63. The van der Waals surface area contributed by atoms with Gasteiger partial charge in [-0.05, 0) is 38.1 Å². The van der Waals surface area contributed by atoms with Gasteiger partial charge in [0.25, 0.3) is 0 Å². The lowest BCUT2D eigenvalue weighted by atomic mass is 10.0. The minimum absolute atomic E-state index is 0.808. The number of aromatic amines is 1. The van der Waals surface area contributed by atoms with Gasteiger partial charge in [0, 0.05) is 22.8 Å². The fourth-order valence-corrected chi connectivity index (χ4v) is 3.37. The molecule has 3 nitrogen and oxygen atoms in total. The highest BCUT2D eigenvalue weighted by atomic mass is 32.7. The Morgan fingerprint density at radius 1 is 0.793 bits per heavy atom. The van der Waals surface area contributed by atoms with Crippen molar-refractivity contribution in [2.24, 2.45) is 0 Å². The van der Waals surface area contributed by atoms with Gasteiger partial charge in [-0.3, -0.25) is 0 Å². The predicted molar refractivity (Wildman–Crippen MR) is 134 cm³/mol. The summed E-state index contributed by atoms with van der Waals surface area (Å²) >= 11 is 1.25. The van der Waals surface area contributed by atoms with Crippen LogP contribution in [0, 0.1) is 0 Å². The second-order valence-electron chi connectivity index (χ2n) is 6.06. The van der Waals surface area contributed by atoms with E-state index in [4.69, 9.17) is 8.71 Å². The summed E-state index contributed by atoms with van der Waals surface area (Å²) in [5, 5.41) is 1.28. The molecule has 4 aromatic rings. The van der Waals surface area contributed by atoms with Crippen molar-refractivity contribution in [3.8, 4) is 22.6 Å². The number of benzene rings is 3. The van der Waals surface area contributed by atoms with Gasteiger partial charge in [0.05, 0.1) is 21.1 Å². The molecule has 2 atom stereocenters. The van der Waals surface area contributed by atoms with Crippen molar-refractivity contribution in [1.29, 1.82) is 0 Å². The minimum atomic E-state index is 0.808. The number of hydrogen-bond donors (Lipinski definition) is 1. The number of fused-ring (bicyclic) bond motifs is 1. The molecule has 1 aromatic heterocycles. The van der Waals surface area contributed by atoms with Gasteiger partial charge in [-0.25, -0.2) is 0 Å². The monoisotopic (exact) mass is 443 g/mol. The molecule has 2 unspecified atom stereocenters. The first-order valence-electron chi connectivity index (χ1n) is 9.35. The molecular formula is C23H27NO2P2S. The van der Waals surface area contributed by atoms with E-state index >= 15 is 0 Å². The van der Waals surface area contributed by atoms with Crippen molar-refractivity contribution in [3.63, 3.8) is 0 Å². The average molecular weight is 443 g/mol. The molecule has 0 aliphatic carbocycles. The summed E-state index contributed by atoms with van der Waals surface area (Å²) in [6.45, 7) is 4.25. The average Bonchev–Trinajstić information content (AvgIpc) is 3.24. The maximum Gasteiger partial charge on any atom is 0.145 e. The topological polar surface area (TPSA) is 34.2 Å². The number of aromatic nitrogens is 1. The maximum atomic E-state index is 5.51. The first kappa shape index (κ1) is 23.3. The van der Waals surface area contributed by atoms with Crippen LogP contribution in [0.4, 0.5) is 0 Å². The molecule has 0 radical (unpaired) electrons. The molecular weight excluding hydrogens is 416 g/mol. The normalized spacial score (nSPS) is 9.66. The summed E-state index contributed by atoms with van der Waals surface area (Å²) in [5.41, 5.74) is 3.23. The summed E-state index contributed by atoms with van der Waals surface area (Å²) in [4.78, 5) is 3.12. The first-order valence-corrected chi connectivity index (χ1v) is 12.0. The Labute approximate surface area is 182 Å². The Kier molecular flexibility index (Phi) is 10.7. The van der Waals surface area contributed by atoms with Crippen LogP contribution in [0.15, 0.2) is 85.1 Å². The van der Waals surface area contributed by atoms with Crippen molar-refractivity contribution >= 4 is 40.5 Å². The third-order valence-electron chi connectivity index (χ3n) is 3.79. The molecule has 0 spiro atoms. The van der Waals surface area contributed by atoms with E-state index in [9.17, 15) is 0 Å². The molecule has 3 aromatic carbocycles. The molecule has 29 heavy (non-hydrogen) atoms. The van der Waals surface area contributed by atoms with Gasteiger partial charge in [-0.15, -0.1) is 0 Å². The van der Waals surface area contributed by atoms with Gasteiger partial charge in [0.1, 0.15) is 11.5 Å². The van der Waals surface area contributed by atoms with Crippen LogP contribution >= 0.6 is 29.6 Å². The molecule has 0 saturated heterocycles. The summed E-state index contributed by atoms with van der Waals surface area (Å²) in [6, 6.07) is 26.0. The standard InChI is InChI=1S/C12H12O2P2S.C8H7N.C3H8/c15-13-11-7-3-1-5-9(11)10-6-2-4-8-12(10)14-17-16;1-2-4-8-7(3-1)5-6-9-8;1-3-2/h1-8H,15-16H2;1-6,9H;3H2,1-2H3. The van der Waals surface area contributed by atoms with E-state index in [1.807, 2.05) is 66.9 Å². The Morgan fingerprint density at radius 3 is 1.97 bits per heavy atom. The number of hydrogen-bond acceptors (Lipinski definition) is 3. The fraction of sp³-hybridized carbons (Fsp3) is 0.130. The Balaban J connectivity index is 0.000000208. The molecule has 1 heterocycles. The molecule has 0 saturated carbocycles. The maximum absolute atomic E-state index is 5.51. The largest absolute Gasteiger partial charge is 0.480 e. The third kappa shape index (κ3) is 7.08. The lowest BCUT2D eigenvalue weighted by Gasteiger charge is -2.11. The van der Waals surface area contributed by atoms with Gasteiger partial charge in [-0.2, -0.15) is 0 Å². The van der Waals surface area contributed by atoms with Gasteiger partial charge >= 0.3 is 0 Å². The Bertz CT molecular complexity index is 961. The second kappa shape index (κ2) is 13.3. The zero-order valence-corrected chi connectivity index (χ0v) is 19.8. The van der Waals surface area contributed by atoms with Crippen molar-refractivity contribution in [1.82, 2.24) is 4.98 Å². The summed E-state index contributed by atoms with van der Waals surface area (Å²) in [7, 11) is 4.74. The van der Waals surface area contributed by atoms with Gasteiger partial charge in [-0.1, -0.05) is 74.9 Å². The smallest absolute Gasteiger partial charge is 0.145 e. The molecule has 4 rings (SSSR count). The van der Waals surface area contributed by atoms with E-state index < -0.39 is 0 Å². The highest BCUT2D eigenvalue weighted by Gasteiger charge is 2.10. The fourth-order valence-electron chi connectivity index (χ4n) is 2.60. The van der Waals surface area contributed by atoms with Crippen LogP contribution in [0.25, 0.3) is 22.0 Å². The van der Waals surface area contributed by atoms with E-state index in [0.29, 0.717) is 0 Å². The van der Waals surface area contributed by atoms with Gasteiger partial charge in [0.2, 0.25) is 0 Å². The van der Waals surface area contributed by atoms with Crippen molar-refractivity contribution in [2.75, 3.05) is 0 Å². The number of nitrogens with one attached hydrogen (secondary N) is 1.